The molecule has 2 rings (SSSR count). The molecule has 116 valence electrons. The fraction of sp³-hybridized carbons (Fsp3) is 0.588. The molecule has 0 aromatic heterocycles. The van der Waals surface area contributed by atoms with Crippen LogP contribution in [-0.4, -0.2) is 31.6 Å². The van der Waals surface area contributed by atoms with Crippen molar-refractivity contribution in [2.24, 2.45) is 0 Å². The molecule has 1 atom stereocenters. The van der Waals surface area contributed by atoms with Crippen molar-refractivity contribution in [1.29, 1.82) is 0 Å². The van der Waals surface area contributed by atoms with Gasteiger partial charge in [0.05, 0.1) is 0 Å². The van der Waals surface area contributed by atoms with Gasteiger partial charge in [0.25, 0.3) is 5.91 Å². The van der Waals surface area contributed by atoms with E-state index in [0.29, 0.717) is 18.5 Å². The molecule has 21 heavy (non-hydrogen) atoms. The summed E-state index contributed by atoms with van der Waals surface area (Å²) < 4.78 is 5.72. The van der Waals surface area contributed by atoms with E-state index in [1.54, 1.807) is 0 Å². The van der Waals surface area contributed by atoms with Crippen LogP contribution in [0.25, 0.3) is 0 Å². The molecule has 1 aliphatic rings. The van der Waals surface area contributed by atoms with Crippen LogP contribution in [-0.2, 0) is 4.79 Å². The third-order valence-electron chi connectivity index (χ3n) is 3.86. The molecule has 4 heteroatoms. The van der Waals surface area contributed by atoms with Crippen molar-refractivity contribution in [2.45, 2.75) is 45.6 Å². The lowest BCUT2D eigenvalue weighted by atomic mass is 10.0. The number of carbonyl (C=O) groups excluding carboxylic acids is 1. The molecule has 1 aliphatic heterocycles. The monoisotopic (exact) mass is 290 g/mol. The van der Waals surface area contributed by atoms with Gasteiger partial charge < -0.3 is 15.4 Å². The van der Waals surface area contributed by atoms with Gasteiger partial charge >= 0.3 is 0 Å². The molecule has 1 fully saturated rings. The maximum atomic E-state index is 11.9. The lowest BCUT2D eigenvalue weighted by Gasteiger charge is -2.15. The largest absolute Gasteiger partial charge is 0.483 e. The molecule has 1 heterocycles. The number of hydrogen-bond acceptors (Lipinski definition) is 3. The fourth-order valence-electron chi connectivity index (χ4n) is 2.61. The average Bonchev–Trinajstić information content (AvgIpc) is 2.96. The van der Waals surface area contributed by atoms with Gasteiger partial charge in [0, 0.05) is 12.6 Å². The number of rotatable bonds is 6. The minimum atomic E-state index is -0.0556. The quantitative estimate of drug-likeness (QED) is 0.845. The van der Waals surface area contributed by atoms with Crippen LogP contribution in [0.2, 0.25) is 0 Å². The Balaban J connectivity index is 1.84. The Bertz CT molecular complexity index is 480. The molecular weight excluding hydrogens is 264 g/mol. The van der Waals surface area contributed by atoms with Crippen LogP contribution < -0.4 is 15.4 Å². The Kier molecular flexibility index (Phi) is 5.62. The zero-order chi connectivity index (χ0) is 15.2. The second-order valence-corrected chi connectivity index (χ2v) is 6.08. The minimum Gasteiger partial charge on any atom is -0.483 e. The first kappa shape index (κ1) is 15.8. The van der Waals surface area contributed by atoms with Gasteiger partial charge in [0.15, 0.2) is 6.61 Å². The first-order valence-electron chi connectivity index (χ1n) is 7.79. The maximum absolute atomic E-state index is 11.9. The van der Waals surface area contributed by atoms with Crippen LogP contribution in [0.4, 0.5) is 0 Å². The predicted octanol–water partition coefficient (Wildman–Crippen LogP) is 2.37. The van der Waals surface area contributed by atoms with Crippen LogP contribution in [0.3, 0.4) is 0 Å². The van der Waals surface area contributed by atoms with Gasteiger partial charge in [-0.15, -0.1) is 0 Å². The van der Waals surface area contributed by atoms with Gasteiger partial charge in [-0.25, -0.2) is 0 Å². The normalized spacial score (nSPS) is 18.0. The van der Waals surface area contributed by atoms with E-state index in [1.165, 1.54) is 6.42 Å². The van der Waals surface area contributed by atoms with E-state index in [-0.39, 0.29) is 12.5 Å². The highest BCUT2D eigenvalue weighted by atomic mass is 16.5. The number of nitrogens with one attached hydrogen (secondary N) is 2. The SMILES string of the molecule is Cc1ccc(C(C)C)c(OCC(=O)NCC2CCCN2)c1. The first-order chi connectivity index (χ1) is 10.1. The summed E-state index contributed by atoms with van der Waals surface area (Å²) in [4.78, 5) is 11.9. The Morgan fingerprint density at radius 3 is 2.95 bits per heavy atom. The number of aryl methyl sites for hydroxylation is 1. The highest BCUT2D eigenvalue weighted by Gasteiger charge is 2.15. The van der Waals surface area contributed by atoms with Gasteiger partial charge in [0.1, 0.15) is 5.75 Å². The van der Waals surface area contributed by atoms with Gasteiger partial charge in [-0.2, -0.15) is 0 Å². The molecule has 0 bridgehead atoms. The molecule has 1 unspecified atom stereocenters. The minimum absolute atomic E-state index is 0.0556. The van der Waals surface area contributed by atoms with Crippen LogP contribution in [0.5, 0.6) is 5.75 Å². The van der Waals surface area contributed by atoms with E-state index in [4.69, 9.17) is 4.74 Å². The van der Waals surface area contributed by atoms with Crippen molar-refractivity contribution in [3.05, 3.63) is 29.3 Å². The lowest BCUT2D eigenvalue weighted by Crippen LogP contribution is -2.39. The highest BCUT2D eigenvalue weighted by Crippen LogP contribution is 2.27. The van der Waals surface area contributed by atoms with E-state index >= 15 is 0 Å². The zero-order valence-electron chi connectivity index (χ0n) is 13.2. The second-order valence-electron chi connectivity index (χ2n) is 6.08. The molecule has 1 saturated heterocycles. The molecule has 0 saturated carbocycles. The summed E-state index contributed by atoms with van der Waals surface area (Å²) in [5.74, 6) is 1.14. The smallest absolute Gasteiger partial charge is 0.257 e. The van der Waals surface area contributed by atoms with Gasteiger partial charge in [-0.1, -0.05) is 26.0 Å². The number of hydrogen-bond donors (Lipinski definition) is 2. The van der Waals surface area contributed by atoms with Crippen LogP contribution in [0.15, 0.2) is 18.2 Å². The fourth-order valence-corrected chi connectivity index (χ4v) is 2.61. The first-order valence-corrected chi connectivity index (χ1v) is 7.79. The third kappa shape index (κ3) is 4.74. The molecule has 0 aliphatic carbocycles. The summed E-state index contributed by atoms with van der Waals surface area (Å²) in [5, 5.41) is 6.29. The molecule has 1 aromatic rings. The van der Waals surface area contributed by atoms with E-state index in [1.807, 2.05) is 13.0 Å². The Labute approximate surface area is 127 Å². The van der Waals surface area contributed by atoms with Crippen LogP contribution in [0, 0.1) is 6.92 Å². The summed E-state index contributed by atoms with van der Waals surface area (Å²) in [6.07, 6.45) is 2.33. The molecule has 0 spiro atoms. The van der Waals surface area contributed by atoms with Crippen LogP contribution in [0.1, 0.15) is 43.7 Å². The van der Waals surface area contributed by atoms with Gasteiger partial charge in [-0.05, 0) is 49.4 Å². The maximum Gasteiger partial charge on any atom is 0.257 e. The van der Waals surface area contributed by atoms with Crippen molar-refractivity contribution in [2.75, 3.05) is 19.7 Å². The van der Waals surface area contributed by atoms with Crippen LogP contribution >= 0.6 is 0 Å². The summed E-state index contributed by atoms with van der Waals surface area (Å²) in [5.41, 5.74) is 2.29. The van der Waals surface area contributed by atoms with Crippen molar-refractivity contribution in [1.82, 2.24) is 10.6 Å². The lowest BCUT2D eigenvalue weighted by molar-refractivity contribution is -0.123. The summed E-state index contributed by atoms with van der Waals surface area (Å²) in [6, 6.07) is 6.57. The third-order valence-corrected chi connectivity index (χ3v) is 3.86. The summed E-state index contributed by atoms with van der Waals surface area (Å²) in [6.45, 7) is 8.11. The number of ether oxygens (including phenoxy) is 1. The Morgan fingerprint density at radius 1 is 1.48 bits per heavy atom. The van der Waals surface area contributed by atoms with Crippen molar-refractivity contribution < 1.29 is 9.53 Å². The summed E-state index contributed by atoms with van der Waals surface area (Å²) >= 11 is 0. The predicted molar refractivity (Wildman–Crippen MR) is 84.8 cm³/mol. The molecule has 0 radical (unpaired) electrons. The molecule has 1 aromatic carbocycles. The number of benzene rings is 1. The standard InChI is InChI=1S/C17H26N2O2/c1-12(2)15-7-6-13(3)9-16(15)21-11-17(20)19-10-14-5-4-8-18-14/h6-7,9,12,14,18H,4-5,8,10-11H2,1-3H3,(H,19,20). The zero-order valence-corrected chi connectivity index (χ0v) is 13.2. The van der Waals surface area contributed by atoms with Crippen molar-refractivity contribution in [3.8, 4) is 5.75 Å². The van der Waals surface area contributed by atoms with E-state index in [9.17, 15) is 4.79 Å². The number of carbonyl (C=O) groups is 1. The Hall–Kier alpha value is -1.55. The van der Waals surface area contributed by atoms with Crippen molar-refractivity contribution >= 4 is 5.91 Å². The molecule has 4 nitrogen and oxygen atoms in total. The highest BCUT2D eigenvalue weighted by molar-refractivity contribution is 5.77. The average molecular weight is 290 g/mol. The molecule has 1 amide bonds. The van der Waals surface area contributed by atoms with Crippen molar-refractivity contribution in [3.63, 3.8) is 0 Å². The molecular formula is C17H26N2O2. The number of amides is 1. The van der Waals surface area contributed by atoms with Gasteiger partial charge in [0.2, 0.25) is 0 Å². The topological polar surface area (TPSA) is 50.4 Å². The second kappa shape index (κ2) is 7.46. The van der Waals surface area contributed by atoms with E-state index < -0.39 is 0 Å². The summed E-state index contributed by atoms with van der Waals surface area (Å²) in [7, 11) is 0. The van der Waals surface area contributed by atoms with E-state index in [2.05, 4.69) is 36.6 Å². The molecule has 2 N–H and O–H groups in total. The Morgan fingerprint density at radius 2 is 2.29 bits per heavy atom. The van der Waals surface area contributed by atoms with E-state index in [0.717, 1.165) is 29.8 Å². The van der Waals surface area contributed by atoms with Gasteiger partial charge in [-0.3, -0.25) is 4.79 Å².